The standard InChI is InChI=1S/C8H15F.C8H16.CH4.H2O/c1-6-3-4-7(2)8(9)5-6;1-7-3-5-8(2)6-4-7;;/h6-8H,3-5H2,1-2H3;7-8H,3-6H2,1-2H3;1H4;1H2. The van der Waals surface area contributed by atoms with Crippen LogP contribution in [0, 0.1) is 23.7 Å². The van der Waals surface area contributed by atoms with E-state index in [0.29, 0.717) is 11.8 Å². The molecule has 2 rings (SSSR count). The molecule has 0 heterocycles. The molecule has 3 unspecified atom stereocenters. The fourth-order valence-electron chi connectivity index (χ4n) is 2.89. The van der Waals surface area contributed by atoms with Gasteiger partial charge in [0, 0.05) is 0 Å². The van der Waals surface area contributed by atoms with Crippen molar-refractivity contribution in [3.63, 3.8) is 0 Å². The van der Waals surface area contributed by atoms with Crippen LogP contribution in [0.25, 0.3) is 0 Å². The maximum atomic E-state index is 12.8. The van der Waals surface area contributed by atoms with Gasteiger partial charge in [-0.2, -0.15) is 0 Å². The Labute approximate surface area is 120 Å². The summed E-state index contributed by atoms with van der Waals surface area (Å²) in [5, 5.41) is 0. The van der Waals surface area contributed by atoms with Crippen LogP contribution < -0.4 is 0 Å². The molecule has 2 N–H and O–H groups in total. The van der Waals surface area contributed by atoms with Crippen molar-refractivity contribution in [1.82, 2.24) is 0 Å². The third-order valence-corrected chi connectivity index (χ3v) is 4.66. The second kappa shape index (κ2) is 10.7. The average molecular weight is 276 g/mol. The van der Waals surface area contributed by atoms with Gasteiger partial charge in [-0.1, -0.05) is 67.2 Å². The zero-order valence-corrected chi connectivity index (χ0v) is 12.7. The van der Waals surface area contributed by atoms with Crippen LogP contribution in [-0.4, -0.2) is 11.6 Å². The molecule has 2 aliphatic rings. The summed E-state index contributed by atoms with van der Waals surface area (Å²) in [5.74, 6) is 2.98. The molecule has 0 amide bonds. The first-order valence-corrected chi connectivity index (χ1v) is 7.63. The number of halogens is 1. The first kappa shape index (κ1) is 21.2. The third-order valence-electron chi connectivity index (χ3n) is 4.66. The molecule has 19 heavy (non-hydrogen) atoms. The van der Waals surface area contributed by atoms with E-state index >= 15 is 0 Å². The van der Waals surface area contributed by atoms with Gasteiger partial charge in [0.2, 0.25) is 0 Å². The van der Waals surface area contributed by atoms with E-state index in [4.69, 9.17) is 0 Å². The van der Waals surface area contributed by atoms with E-state index in [1.807, 2.05) is 6.92 Å². The van der Waals surface area contributed by atoms with Gasteiger partial charge < -0.3 is 5.48 Å². The molecule has 0 spiro atoms. The van der Waals surface area contributed by atoms with Gasteiger partial charge in [0.25, 0.3) is 0 Å². The van der Waals surface area contributed by atoms with Gasteiger partial charge in [0.1, 0.15) is 6.17 Å². The van der Waals surface area contributed by atoms with Crippen LogP contribution in [0.5, 0.6) is 0 Å². The lowest BCUT2D eigenvalue weighted by Gasteiger charge is -2.26. The fraction of sp³-hybridized carbons (Fsp3) is 1.00. The third kappa shape index (κ3) is 8.62. The quantitative estimate of drug-likeness (QED) is 0.565. The van der Waals surface area contributed by atoms with Crippen LogP contribution in [0.4, 0.5) is 4.39 Å². The number of hydrogen-bond donors (Lipinski definition) is 0. The molecular formula is C17H37FO. The maximum Gasteiger partial charge on any atom is 0.103 e. The topological polar surface area (TPSA) is 31.5 Å². The molecule has 0 aromatic rings. The Balaban J connectivity index is 0. The first-order chi connectivity index (χ1) is 7.99. The average Bonchev–Trinajstić information content (AvgIpc) is 2.29. The normalized spacial score (nSPS) is 38.1. The molecule has 2 aliphatic carbocycles. The molecule has 2 saturated carbocycles. The van der Waals surface area contributed by atoms with Gasteiger partial charge in [0.05, 0.1) is 0 Å². The monoisotopic (exact) mass is 276 g/mol. The van der Waals surface area contributed by atoms with Gasteiger partial charge in [-0.25, -0.2) is 4.39 Å². The molecule has 0 bridgehead atoms. The van der Waals surface area contributed by atoms with Crippen molar-refractivity contribution in [2.45, 2.75) is 86.2 Å². The molecule has 0 aliphatic heterocycles. The van der Waals surface area contributed by atoms with Crippen LogP contribution >= 0.6 is 0 Å². The van der Waals surface area contributed by atoms with Crippen LogP contribution in [0.15, 0.2) is 0 Å². The zero-order chi connectivity index (χ0) is 12.8. The van der Waals surface area contributed by atoms with Crippen molar-refractivity contribution in [3.8, 4) is 0 Å². The molecule has 118 valence electrons. The lowest BCUT2D eigenvalue weighted by atomic mass is 9.83. The molecule has 0 aromatic carbocycles. The van der Waals surface area contributed by atoms with Crippen LogP contribution in [0.2, 0.25) is 0 Å². The van der Waals surface area contributed by atoms with Crippen LogP contribution in [0.3, 0.4) is 0 Å². The predicted octanol–water partition coefficient (Wildman–Crippen LogP) is 5.42. The second-order valence-corrected chi connectivity index (χ2v) is 6.78. The lowest BCUT2D eigenvalue weighted by molar-refractivity contribution is 0.145. The molecule has 0 radical (unpaired) electrons. The van der Waals surface area contributed by atoms with E-state index in [2.05, 4.69) is 20.8 Å². The van der Waals surface area contributed by atoms with Crippen molar-refractivity contribution in [3.05, 3.63) is 0 Å². The van der Waals surface area contributed by atoms with E-state index in [0.717, 1.165) is 24.7 Å². The number of alkyl halides is 1. The number of hydrogen-bond acceptors (Lipinski definition) is 0. The molecule has 1 nitrogen and oxygen atoms in total. The zero-order valence-electron chi connectivity index (χ0n) is 12.7. The van der Waals surface area contributed by atoms with Gasteiger partial charge in [0.15, 0.2) is 0 Å². The summed E-state index contributed by atoms with van der Waals surface area (Å²) in [6.45, 7) is 8.88. The minimum Gasteiger partial charge on any atom is -0.412 e. The summed E-state index contributed by atoms with van der Waals surface area (Å²) < 4.78 is 12.8. The molecular weight excluding hydrogens is 239 g/mol. The van der Waals surface area contributed by atoms with E-state index in [1.54, 1.807) is 0 Å². The fourth-order valence-corrected chi connectivity index (χ4v) is 2.89. The molecule has 0 saturated heterocycles. The highest BCUT2D eigenvalue weighted by Crippen LogP contribution is 2.30. The van der Waals surface area contributed by atoms with Gasteiger partial charge in [-0.05, 0) is 36.5 Å². The van der Waals surface area contributed by atoms with Gasteiger partial charge in [-0.15, -0.1) is 0 Å². The summed E-state index contributed by atoms with van der Waals surface area (Å²) in [5.41, 5.74) is 0. The van der Waals surface area contributed by atoms with Gasteiger partial charge in [-0.3, -0.25) is 0 Å². The van der Waals surface area contributed by atoms with Crippen LogP contribution in [-0.2, 0) is 0 Å². The van der Waals surface area contributed by atoms with E-state index < -0.39 is 6.17 Å². The van der Waals surface area contributed by atoms with E-state index in [9.17, 15) is 4.39 Å². The van der Waals surface area contributed by atoms with Crippen molar-refractivity contribution in [2.24, 2.45) is 23.7 Å². The Bertz CT molecular complexity index is 189. The van der Waals surface area contributed by atoms with Crippen molar-refractivity contribution >= 4 is 0 Å². The van der Waals surface area contributed by atoms with Crippen molar-refractivity contribution in [1.29, 1.82) is 0 Å². The number of rotatable bonds is 0. The van der Waals surface area contributed by atoms with Gasteiger partial charge >= 0.3 is 0 Å². The predicted molar refractivity (Wildman–Crippen MR) is 84.2 cm³/mol. The first-order valence-electron chi connectivity index (χ1n) is 7.63. The Morgan fingerprint density at radius 2 is 1.05 bits per heavy atom. The molecule has 0 aromatic heterocycles. The van der Waals surface area contributed by atoms with Crippen molar-refractivity contribution < 1.29 is 9.87 Å². The van der Waals surface area contributed by atoms with Crippen LogP contribution in [0.1, 0.15) is 80.1 Å². The van der Waals surface area contributed by atoms with Crippen molar-refractivity contribution in [2.75, 3.05) is 0 Å². The Kier molecular flexibility index (Phi) is 11.9. The highest BCUT2D eigenvalue weighted by Gasteiger charge is 2.24. The van der Waals surface area contributed by atoms with E-state index in [-0.39, 0.29) is 12.9 Å². The minimum absolute atomic E-state index is 0. The molecule has 2 fully saturated rings. The lowest BCUT2D eigenvalue weighted by Crippen LogP contribution is -2.22. The second-order valence-electron chi connectivity index (χ2n) is 6.78. The summed E-state index contributed by atoms with van der Waals surface area (Å²) in [7, 11) is 0. The summed E-state index contributed by atoms with van der Waals surface area (Å²) in [4.78, 5) is 0. The molecule has 2 heteroatoms. The molecule has 3 atom stereocenters. The van der Waals surface area contributed by atoms with E-state index in [1.165, 1.54) is 32.1 Å². The highest BCUT2D eigenvalue weighted by molar-refractivity contribution is 4.74. The maximum absolute atomic E-state index is 12.8. The Morgan fingerprint density at radius 3 is 1.37 bits per heavy atom. The largest absolute Gasteiger partial charge is 0.412 e. The Morgan fingerprint density at radius 1 is 0.684 bits per heavy atom. The summed E-state index contributed by atoms with van der Waals surface area (Å²) in [6.07, 6.45) is 8.48. The SMILES string of the molecule is C.CC1CCC(C)C(F)C1.CC1CCC(C)CC1.O. The Hall–Kier alpha value is -0.110. The smallest absolute Gasteiger partial charge is 0.103 e. The summed E-state index contributed by atoms with van der Waals surface area (Å²) in [6, 6.07) is 0. The summed E-state index contributed by atoms with van der Waals surface area (Å²) >= 11 is 0. The minimum atomic E-state index is -0.520. The highest BCUT2D eigenvalue weighted by atomic mass is 19.1.